The topological polar surface area (TPSA) is 41.1 Å². The first-order valence-electron chi connectivity index (χ1n) is 4.47. The maximum Gasteiger partial charge on any atom is 0.403 e. The van der Waals surface area contributed by atoms with Crippen molar-refractivity contribution in [3.05, 3.63) is 0 Å². The lowest BCUT2D eigenvalue weighted by molar-refractivity contribution is -0.161. The maximum absolute atomic E-state index is 12.2. The van der Waals surface area contributed by atoms with Crippen LogP contribution in [0.4, 0.5) is 13.2 Å². The highest BCUT2D eigenvalue weighted by Crippen LogP contribution is 2.25. The van der Waals surface area contributed by atoms with Gasteiger partial charge in [0.15, 0.2) is 0 Å². The van der Waals surface area contributed by atoms with Crippen molar-refractivity contribution in [3.63, 3.8) is 0 Å². The van der Waals surface area contributed by atoms with Crippen molar-refractivity contribution in [2.75, 3.05) is 6.54 Å². The summed E-state index contributed by atoms with van der Waals surface area (Å²) in [4.78, 5) is 10.6. The lowest BCUT2D eigenvalue weighted by Crippen LogP contribution is -2.53. The fourth-order valence-electron chi connectivity index (χ4n) is 1.55. The van der Waals surface area contributed by atoms with Gasteiger partial charge in [0.25, 0.3) is 0 Å². The Morgan fingerprint density at radius 1 is 1.43 bits per heavy atom. The number of carbonyl (C=O) groups is 1. The highest BCUT2D eigenvalue weighted by atomic mass is 19.4. The second kappa shape index (κ2) is 4.16. The molecule has 1 rings (SSSR count). The van der Waals surface area contributed by atoms with Gasteiger partial charge in [-0.2, -0.15) is 13.2 Å². The quantitative estimate of drug-likeness (QED) is 0.672. The lowest BCUT2D eigenvalue weighted by Gasteiger charge is -2.31. The van der Waals surface area contributed by atoms with Gasteiger partial charge < -0.3 is 10.6 Å². The predicted octanol–water partition coefficient (Wildman–Crippen LogP) is 0.805. The highest BCUT2D eigenvalue weighted by molar-refractivity contribution is 5.73. The fourth-order valence-corrected chi connectivity index (χ4v) is 1.55. The van der Waals surface area contributed by atoms with Crippen molar-refractivity contribution in [2.24, 2.45) is 0 Å². The van der Waals surface area contributed by atoms with E-state index < -0.39 is 12.2 Å². The van der Waals surface area contributed by atoms with E-state index in [9.17, 15) is 18.0 Å². The van der Waals surface area contributed by atoms with E-state index in [2.05, 4.69) is 10.6 Å². The Balaban J connectivity index is 2.35. The molecule has 0 radical (unpaired) electrons. The third-order valence-corrected chi connectivity index (χ3v) is 2.22. The molecule has 0 spiro atoms. The first kappa shape index (κ1) is 11.3. The number of halogens is 3. The molecule has 1 aliphatic rings. The molecular formula is C8H13F3N2O. The first-order chi connectivity index (χ1) is 6.39. The summed E-state index contributed by atoms with van der Waals surface area (Å²) in [6, 6.07) is -1.60. The van der Waals surface area contributed by atoms with E-state index in [0.717, 1.165) is 0 Å². The van der Waals surface area contributed by atoms with Crippen molar-refractivity contribution < 1.29 is 18.0 Å². The summed E-state index contributed by atoms with van der Waals surface area (Å²) in [5, 5.41) is 4.96. The van der Waals surface area contributed by atoms with E-state index in [-0.39, 0.29) is 24.9 Å². The molecule has 1 amide bonds. The highest BCUT2D eigenvalue weighted by Gasteiger charge is 2.41. The zero-order chi connectivity index (χ0) is 10.8. The van der Waals surface area contributed by atoms with Gasteiger partial charge in [-0.25, -0.2) is 0 Å². The standard InChI is InChI=1S/C8H13F3N2O/c1-5(14)13-6-2-3-7(12-4-6)8(9,10)11/h6-7,12H,2-4H2,1H3,(H,13,14)/t6-,7-/m0/s1. The first-order valence-corrected chi connectivity index (χ1v) is 4.47. The molecule has 0 unspecified atom stereocenters. The predicted molar refractivity (Wildman–Crippen MR) is 44.7 cm³/mol. The van der Waals surface area contributed by atoms with E-state index in [1.54, 1.807) is 0 Å². The second-order valence-corrected chi connectivity index (χ2v) is 3.48. The molecule has 0 aromatic carbocycles. The van der Waals surface area contributed by atoms with Gasteiger partial charge in [-0.3, -0.25) is 4.79 Å². The van der Waals surface area contributed by atoms with Crippen LogP contribution in [0.1, 0.15) is 19.8 Å². The molecule has 3 nitrogen and oxygen atoms in total. The van der Waals surface area contributed by atoms with E-state index in [4.69, 9.17) is 0 Å². The molecule has 1 aliphatic heterocycles. The lowest BCUT2D eigenvalue weighted by atomic mass is 10.0. The Morgan fingerprint density at radius 3 is 2.43 bits per heavy atom. The third-order valence-electron chi connectivity index (χ3n) is 2.22. The van der Waals surface area contributed by atoms with Crippen molar-refractivity contribution in [3.8, 4) is 0 Å². The molecule has 6 heteroatoms. The Bertz CT molecular complexity index is 209. The molecule has 0 aromatic rings. The molecule has 0 aliphatic carbocycles. The van der Waals surface area contributed by atoms with Crippen LogP contribution in [0, 0.1) is 0 Å². The number of hydrogen-bond donors (Lipinski definition) is 2. The smallest absolute Gasteiger partial charge is 0.352 e. The Labute approximate surface area is 80.0 Å². The average Bonchev–Trinajstić information content (AvgIpc) is 2.02. The molecule has 1 saturated heterocycles. The third kappa shape index (κ3) is 3.17. The van der Waals surface area contributed by atoms with Crippen LogP contribution in [0.25, 0.3) is 0 Å². The molecule has 1 fully saturated rings. The molecule has 1 heterocycles. The molecule has 2 N–H and O–H groups in total. The molecule has 2 atom stereocenters. The van der Waals surface area contributed by atoms with Crippen molar-refractivity contribution >= 4 is 5.91 Å². The minimum Gasteiger partial charge on any atom is -0.352 e. The molecular weight excluding hydrogens is 197 g/mol. The van der Waals surface area contributed by atoms with E-state index in [1.807, 2.05) is 0 Å². The van der Waals surface area contributed by atoms with Gasteiger partial charge in [0.05, 0.1) is 0 Å². The summed E-state index contributed by atoms with van der Waals surface area (Å²) in [5.41, 5.74) is 0. The van der Waals surface area contributed by atoms with E-state index in [1.165, 1.54) is 6.92 Å². The monoisotopic (exact) mass is 210 g/mol. The second-order valence-electron chi connectivity index (χ2n) is 3.48. The van der Waals surface area contributed by atoms with Crippen LogP contribution in [0.3, 0.4) is 0 Å². The number of nitrogens with one attached hydrogen (secondary N) is 2. The van der Waals surface area contributed by atoms with Crippen LogP contribution in [0.2, 0.25) is 0 Å². The molecule has 0 aromatic heterocycles. The van der Waals surface area contributed by atoms with Gasteiger partial charge in [-0.1, -0.05) is 0 Å². The van der Waals surface area contributed by atoms with Crippen LogP contribution in [-0.2, 0) is 4.79 Å². The fraction of sp³-hybridized carbons (Fsp3) is 0.875. The zero-order valence-electron chi connectivity index (χ0n) is 7.82. The van der Waals surface area contributed by atoms with Crippen LogP contribution in [-0.4, -0.2) is 30.7 Å². The van der Waals surface area contributed by atoms with Gasteiger partial charge in [0.1, 0.15) is 6.04 Å². The summed E-state index contributed by atoms with van der Waals surface area (Å²) < 4.78 is 36.5. The van der Waals surface area contributed by atoms with Gasteiger partial charge >= 0.3 is 6.18 Å². The van der Waals surface area contributed by atoms with Gasteiger partial charge in [-0.05, 0) is 12.8 Å². The summed E-state index contributed by atoms with van der Waals surface area (Å²) in [6.45, 7) is 1.54. The number of hydrogen-bond acceptors (Lipinski definition) is 2. The van der Waals surface area contributed by atoms with Crippen molar-refractivity contribution in [1.82, 2.24) is 10.6 Å². The van der Waals surface area contributed by atoms with E-state index in [0.29, 0.717) is 6.42 Å². The molecule has 14 heavy (non-hydrogen) atoms. The Hall–Kier alpha value is -0.780. The van der Waals surface area contributed by atoms with Crippen LogP contribution in [0.15, 0.2) is 0 Å². The number of amides is 1. The van der Waals surface area contributed by atoms with Gasteiger partial charge in [0.2, 0.25) is 5.91 Å². The van der Waals surface area contributed by atoms with Crippen molar-refractivity contribution in [1.29, 1.82) is 0 Å². The maximum atomic E-state index is 12.2. The minimum atomic E-state index is -4.18. The zero-order valence-corrected chi connectivity index (χ0v) is 7.82. The largest absolute Gasteiger partial charge is 0.403 e. The number of rotatable bonds is 1. The molecule has 82 valence electrons. The van der Waals surface area contributed by atoms with Crippen LogP contribution >= 0.6 is 0 Å². The summed E-state index contributed by atoms with van der Waals surface area (Å²) in [6.07, 6.45) is -3.79. The number of carbonyl (C=O) groups excluding carboxylic acids is 1. The normalized spacial score (nSPS) is 28.6. The SMILES string of the molecule is CC(=O)N[C@H]1CC[C@@H](C(F)(F)F)NC1. The van der Waals surface area contributed by atoms with Crippen LogP contribution in [0.5, 0.6) is 0 Å². The Kier molecular flexibility index (Phi) is 3.36. The molecule has 0 saturated carbocycles. The Morgan fingerprint density at radius 2 is 2.07 bits per heavy atom. The number of piperidine rings is 1. The average molecular weight is 210 g/mol. The molecule has 0 bridgehead atoms. The summed E-state index contributed by atoms with van der Waals surface area (Å²) in [7, 11) is 0. The summed E-state index contributed by atoms with van der Waals surface area (Å²) >= 11 is 0. The van der Waals surface area contributed by atoms with E-state index >= 15 is 0 Å². The minimum absolute atomic E-state index is 0.0223. The van der Waals surface area contributed by atoms with Crippen LogP contribution < -0.4 is 10.6 Å². The summed E-state index contributed by atoms with van der Waals surface area (Å²) in [5.74, 6) is -0.206. The van der Waals surface area contributed by atoms with Gasteiger partial charge in [-0.15, -0.1) is 0 Å². The van der Waals surface area contributed by atoms with Crippen molar-refractivity contribution in [2.45, 2.75) is 38.0 Å². The van der Waals surface area contributed by atoms with Gasteiger partial charge in [0, 0.05) is 19.5 Å². The number of alkyl halides is 3.